The summed E-state index contributed by atoms with van der Waals surface area (Å²) in [6.45, 7) is 1.08. The summed E-state index contributed by atoms with van der Waals surface area (Å²) in [4.78, 5) is 2.19. The van der Waals surface area contributed by atoms with Crippen molar-refractivity contribution >= 4 is 5.71 Å². The fraction of sp³-hybridized carbons (Fsp3) is 0.444. The quantitative estimate of drug-likeness (QED) is 0.433. The van der Waals surface area contributed by atoms with Gasteiger partial charge in [0.15, 0.2) is 0 Å². The summed E-state index contributed by atoms with van der Waals surface area (Å²) in [5.74, 6) is 0. The van der Waals surface area contributed by atoms with Crippen molar-refractivity contribution in [1.29, 1.82) is 0 Å². The number of allylic oxidation sites excluding steroid dienone is 3. The Labute approximate surface area is 71.7 Å². The third-order valence-electron chi connectivity index (χ3n) is 2.45. The summed E-state index contributed by atoms with van der Waals surface area (Å²) in [6.07, 6.45) is 6.00. The van der Waals surface area contributed by atoms with Gasteiger partial charge in [0, 0.05) is 25.7 Å². The molecule has 1 aliphatic carbocycles. The zero-order valence-electron chi connectivity index (χ0n) is 7.12. The van der Waals surface area contributed by atoms with Crippen LogP contribution in [0.5, 0.6) is 0 Å². The molecule has 1 heterocycles. The van der Waals surface area contributed by atoms with Crippen molar-refractivity contribution in [3.8, 4) is 0 Å². The maximum absolute atomic E-state index is 8.59. The van der Waals surface area contributed by atoms with E-state index in [0.29, 0.717) is 0 Å². The molecule has 0 bridgehead atoms. The highest BCUT2D eigenvalue weighted by Crippen LogP contribution is 2.29. The molecule has 0 amide bonds. The van der Waals surface area contributed by atoms with Crippen LogP contribution in [0.25, 0.3) is 0 Å². The van der Waals surface area contributed by atoms with Gasteiger partial charge in [0.1, 0.15) is 0 Å². The molecule has 2 rings (SSSR count). The largest absolute Gasteiger partial charge is 0.411 e. The molecular weight excluding hydrogens is 152 g/mol. The first-order chi connectivity index (χ1) is 5.81. The van der Waals surface area contributed by atoms with Gasteiger partial charge >= 0.3 is 0 Å². The van der Waals surface area contributed by atoms with E-state index >= 15 is 0 Å². The van der Waals surface area contributed by atoms with Gasteiger partial charge in [-0.05, 0) is 18.1 Å². The van der Waals surface area contributed by atoms with Crippen molar-refractivity contribution < 1.29 is 5.21 Å². The van der Waals surface area contributed by atoms with E-state index in [1.807, 2.05) is 6.08 Å². The molecule has 0 aromatic rings. The van der Waals surface area contributed by atoms with E-state index in [-0.39, 0.29) is 0 Å². The Bertz CT molecular complexity index is 289. The van der Waals surface area contributed by atoms with Crippen molar-refractivity contribution in [2.24, 2.45) is 5.16 Å². The molecule has 0 unspecified atom stereocenters. The molecule has 0 aromatic heterocycles. The molecule has 0 aromatic carbocycles. The van der Waals surface area contributed by atoms with E-state index in [1.54, 1.807) is 0 Å². The molecule has 1 N–H and O–H groups in total. The van der Waals surface area contributed by atoms with Gasteiger partial charge in [0.05, 0.1) is 5.71 Å². The van der Waals surface area contributed by atoms with Crippen LogP contribution < -0.4 is 0 Å². The number of likely N-dealkylation sites (N-methyl/N-ethyl adjacent to an activating group) is 1. The number of oxime groups is 1. The van der Waals surface area contributed by atoms with Crippen LogP contribution in [0.1, 0.15) is 12.8 Å². The van der Waals surface area contributed by atoms with Crippen LogP contribution in [0.4, 0.5) is 0 Å². The lowest BCUT2D eigenvalue weighted by Crippen LogP contribution is -2.13. The van der Waals surface area contributed by atoms with Crippen LogP contribution in [0.3, 0.4) is 0 Å². The SMILES string of the molecule is CN1CCC2=CCC(=NO)C=C21. The summed E-state index contributed by atoms with van der Waals surface area (Å²) in [5, 5.41) is 11.8. The Morgan fingerprint density at radius 3 is 3.17 bits per heavy atom. The van der Waals surface area contributed by atoms with Gasteiger partial charge in [0.2, 0.25) is 0 Å². The summed E-state index contributed by atoms with van der Waals surface area (Å²) in [5.41, 5.74) is 3.36. The lowest BCUT2D eigenvalue weighted by atomic mass is 10.0. The number of hydrogen-bond acceptors (Lipinski definition) is 3. The zero-order chi connectivity index (χ0) is 8.55. The minimum Gasteiger partial charge on any atom is -0.411 e. The second-order valence-corrected chi connectivity index (χ2v) is 3.23. The van der Waals surface area contributed by atoms with Gasteiger partial charge in [0.25, 0.3) is 0 Å². The summed E-state index contributed by atoms with van der Waals surface area (Å²) in [7, 11) is 2.06. The first kappa shape index (κ1) is 7.40. The molecule has 1 fully saturated rings. The normalized spacial score (nSPS) is 25.4. The Morgan fingerprint density at radius 2 is 2.42 bits per heavy atom. The molecule has 0 radical (unpaired) electrons. The topological polar surface area (TPSA) is 35.8 Å². The molecule has 0 spiro atoms. The van der Waals surface area contributed by atoms with Gasteiger partial charge in [-0.3, -0.25) is 0 Å². The van der Waals surface area contributed by atoms with Crippen molar-refractivity contribution in [2.45, 2.75) is 12.8 Å². The van der Waals surface area contributed by atoms with Crippen molar-refractivity contribution in [3.05, 3.63) is 23.4 Å². The molecule has 0 atom stereocenters. The predicted molar refractivity (Wildman–Crippen MR) is 47.3 cm³/mol. The molecule has 3 nitrogen and oxygen atoms in total. The lowest BCUT2D eigenvalue weighted by molar-refractivity contribution is 0.318. The van der Waals surface area contributed by atoms with Crippen molar-refractivity contribution in [2.75, 3.05) is 13.6 Å². The smallest absolute Gasteiger partial charge is 0.0854 e. The molecule has 12 heavy (non-hydrogen) atoms. The highest BCUT2D eigenvalue weighted by molar-refractivity contribution is 5.98. The Kier molecular flexibility index (Phi) is 1.64. The zero-order valence-corrected chi connectivity index (χ0v) is 7.12. The molecule has 1 aliphatic heterocycles. The van der Waals surface area contributed by atoms with E-state index in [4.69, 9.17) is 5.21 Å². The second-order valence-electron chi connectivity index (χ2n) is 3.23. The van der Waals surface area contributed by atoms with E-state index in [9.17, 15) is 0 Å². The minimum absolute atomic E-state index is 0.752. The highest BCUT2D eigenvalue weighted by Gasteiger charge is 2.21. The summed E-state index contributed by atoms with van der Waals surface area (Å²) < 4.78 is 0. The molecule has 0 saturated carbocycles. The highest BCUT2D eigenvalue weighted by atomic mass is 16.4. The lowest BCUT2D eigenvalue weighted by Gasteiger charge is -2.15. The molecular formula is C9H12N2O. The monoisotopic (exact) mass is 164 g/mol. The fourth-order valence-electron chi connectivity index (χ4n) is 1.71. The average Bonchev–Trinajstić information content (AvgIpc) is 2.47. The molecule has 1 saturated heterocycles. The van der Waals surface area contributed by atoms with Gasteiger partial charge in [-0.25, -0.2) is 0 Å². The third kappa shape index (κ3) is 1.02. The predicted octanol–water partition coefficient (Wildman–Crippen LogP) is 1.37. The number of hydrogen-bond donors (Lipinski definition) is 1. The number of rotatable bonds is 0. The Balaban J connectivity index is 2.34. The number of fused-ring (bicyclic) bond motifs is 1. The average molecular weight is 164 g/mol. The maximum atomic E-state index is 8.59. The van der Waals surface area contributed by atoms with Gasteiger partial charge in [-0.1, -0.05) is 11.2 Å². The van der Waals surface area contributed by atoms with Crippen LogP contribution in [-0.4, -0.2) is 29.4 Å². The van der Waals surface area contributed by atoms with Crippen molar-refractivity contribution in [3.63, 3.8) is 0 Å². The van der Waals surface area contributed by atoms with Crippen LogP contribution in [0.2, 0.25) is 0 Å². The Morgan fingerprint density at radius 1 is 1.58 bits per heavy atom. The number of likely N-dealkylation sites (tertiary alicyclic amines) is 1. The summed E-state index contributed by atoms with van der Waals surface area (Å²) >= 11 is 0. The fourth-order valence-corrected chi connectivity index (χ4v) is 1.71. The Hall–Kier alpha value is -1.25. The third-order valence-corrected chi connectivity index (χ3v) is 2.45. The summed E-state index contributed by atoms with van der Waals surface area (Å²) in [6, 6.07) is 0. The van der Waals surface area contributed by atoms with Crippen LogP contribution >= 0.6 is 0 Å². The van der Waals surface area contributed by atoms with Crippen molar-refractivity contribution in [1.82, 2.24) is 4.90 Å². The maximum Gasteiger partial charge on any atom is 0.0854 e. The first-order valence-corrected chi connectivity index (χ1v) is 4.14. The minimum atomic E-state index is 0.752. The van der Waals surface area contributed by atoms with Gasteiger partial charge in [-0.2, -0.15) is 0 Å². The van der Waals surface area contributed by atoms with Crippen LogP contribution in [0, 0.1) is 0 Å². The second kappa shape index (κ2) is 2.66. The molecule has 3 heteroatoms. The van der Waals surface area contributed by atoms with Gasteiger partial charge < -0.3 is 10.1 Å². The van der Waals surface area contributed by atoms with E-state index in [2.05, 4.69) is 23.2 Å². The van der Waals surface area contributed by atoms with Crippen LogP contribution in [-0.2, 0) is 0 Å². The molecule has 64 valence electrons. The van der Waals surface area contributed by atoms with Crippen LogP contribution in [0.15, 0.2) is 28.6 Å². The standard InChI is InChI=1S/C9H12N2O/c1-11-5-4-7-2-3-8(10-12)6-9(7)11/h2,6,12H,3-5H2,1H3. The molecule has 2 aliphatic rings. The van der Waals surface area contributed by atoms with E-state index in [1.165, 1.54) is 11.3 Å². The first-order valence-electron chi connectivity index (χ1n) is 4.14. The van der Waals surface area contributed by atoms with Gasteiger partial charge in [-0.15, -0.1) is 0 Å². The van der Waals surface area contributed by atoms with E-state index < -0.39 is 0 Å². The number of nitrogens with zero attached hydrogens (tertiary/aromatic N) is 2. The van der Waals surface area contributed by atoms with E-state index in [0.717, 1.165) is 25.1 Å².